The van der Waals surface area contributed by atoms with Crippen LogP contribution in [0.2, 0.25) is 0 Å². The number of halogens is 1. The van der Waals surface area contributed by atoms with E-state index in [4.69, 9.17) is 0 Å². The fourth-order valence-electron chi connectivity index (χ4n) is 4.03. The number of aryl methyl sites for hydroxylation is 1. The molecule has 35 heavy (non-hydrogen) atoms. The van der Waals surface area contributed by atoms with Gasteiger partial charge in [0.15, 0.2) is 9.84 Å². The van der Waals surface area contributed by atoms with Crippen molar-refractivity contribution in [3.8, 4) is 11.1 Å². The Labute approximate surface area is 200 Å². The molecule has 2 aromatic heterocycles. The fraction of sp³-hybridized carbons (Fsp3) is 0.120. The summed E-state index contributed by atoms with van der Waals surface area (Å²) in [6.45, 7) is 0. The molecule has 0 amide bonds. The molecule has 8 nitrogen and oxygen atoms in total. The second-order valence-electron chi connectivity index (χ2n) is 8.14. The molecule has 0 saturated heterocycles. The third-order valence-corrected chi connectivity index (χ3v) is 6.27. The molecule has 4 rings (SSSR count). The van der Waals surface area contributed by atoms with Crippen LogP contribution in [0.1, 0.15) is 5.56 Å². The quantitative estimate of drug-likeness (QED) is 0.376. The van der Waals surface area contributed by atoms with Gasteiger partial charge in [0.1, 0.15) is 11.3 Å². The van der Waals surface area contributed by atoms with E-state index in [1.807, 2.05) is 0 Å². The summed E-state index contributed by atoms with van der Waals surface area (Å²) in [5.74, 6) is -1.83. The van der Waals surface area contributed by atoms with Gasteiger partial charge < -0.3 is 19.6 Å². The zero-order valence-corrected chi connectivity index (χ0v) is 19.7. The molecule has 0 aliphatic carbocycles. The Bertz CT molecular complexity index is 1620. The Hall–Kier alpha value is -4.18. The van der Waals surface area contributed by atoms with E-state index < -0.39 is 21.6 Å². The van der Waals surface area contributed by atoms with Crippen LogP contribution in [-0.2, 0) is 27.4 Å². The number of pyridine rings is 1. The highest BCUT2D eigenvalue weighted by Crippen LogP contribution is 2.39. The Morgan fingerprint density at radius 1 is 1.14 bits per heavy atom. The van der Waals surface area contributed by atoms with Gasteiger partial charge in [-0.05, 0) is 48.0 Å². The van der Waals surface area contributed by atoms with Crippen molar-refractivity contribution in [3.05, 3.63) is 94.9 Å². The fourth-order valence-corrected chi connectivity index (χ4v) is 4.81. The number of aromatic amines is 1. The lowest BCUT2D eigenvalue weighted by atomic mass is 10.00. The van der Waals surface area contributed by atoms with E-state index in [0.717, 1.165) is 12.3 Å². The third-order valence-electron chi connectivity index (χ3n) is 5.41. The minimum Gasteiger partial charge on any atom is -0.478 e. The number of rotatable bonds is 7. The number of hydrogen-bond acceptors (Lipinski definition) is 5. The average Bonchev–Trinajstić information content (AvgIpc) is 3.12. The van der Waals surface area contributed by atoms with Gasteiger partial charge in [0.2, 0.25) is 0 Å². The molecule has 0 bridgehead atoms. The summed E-state index contributed by atoms with van der Waals surface area (Å²) in [4.78, 5) is 28.0. The van der Waals surface area contributed by atoms with Crippen LogP contribution in [0.3, 0.4) is 0 Å². The SMILES string of the molecule is Cn1cc(-c2cc(CS(C)(=O)=O)ccc2N(/C=C/C(=O)O)c2ccc(F)cc2)c2cc[nH]c(=O)c21. The number of benzene rings is 2. The molecule has 180 valence electrons. The predicted octanol–water partition coefficient (Wildman–Crippen LogP) is 3.95. The van der Waals surface area contributed by atoms with Crippen LogP contribution in [0.25, 0.3) is 22.0 Å². The first kappa shape index (κ1) is 24.0. The number of aliphatic carboxylic acids is 1. The van der Waals surface area contributed by atoms with Gasteiger partial charge in [-0.25, -0.2) is 17.6 Å². The van der Waals surface area contributed by atoms with Crippen molar-refractivity contribution in [3.63, 3.8) is 0 Å². The maximum atomic E-state index is 13.6. The molecule has 0 saturated carbocycles. The van der Waals surface area contributed by atoms with E-state index in [2.05, 4.69) is 4.98 Å². The lowest BCUT2D eigenvalue weighted by molar-refractivity contribution is -0.131. The number of fused-ring (bicyclic) bond motifs is 1. The summed E-state index contributed by atoms with van der Waals surface area (Å²) in [7, 11) is -1.61. The number of nitrogens with one attached hydrogen (secondary N) is 1. The normalized spacial score (nSPS) is 11.9. The Morgan fingerprint density at radius 2 is 1.86 bits per heavy atom. The highest BCUT2D eigenvalue weighted by atomic mass is 32.2. The van der Waals surface area contributed by atoms with E-state index in [0.29, 0.717) is 39.0 Å². The van der Waals surface area contributed by atoms with Crippen LogP contribution in [0.4, 0.5) is 15.8 Å². The summed E-state index contributed by atoms with van der Waals surface area (Å²) in [6, 6.07) is 12.3. The maximum absolute atomic E-state index is 13.6. The van der Waals surface area contributed by atoms with E-state index >= 15 is 0 Å². The summed E-state index contributed by atoms with van der Waals surface area (Å²) in [5.41, 5.74) is 2.88. The largest absolute Gasteiger partial charge is 0.478 e. The minimum atomic E-state index is -3.34. The van der Waals surface area contributed by atoms with Crippen LogP contribution in [0, 0.1) is 5.82 Å². The molecular weight excluding hydrogens is 473 g/mol. The smallest absolute Gasteiger partial charge is 0.329 e. The molecule has 4 aromatic rings. The van der Waals surface area contributed by atoms with Gasteiger partial charge in [-0.15, -0.1) is 0 Å². The van der Waals surface area contributed by atoms with Crippen molar-refractivity contribution >= 4 is 38.1 Å². The second kappa shape index (κ2) is 9.22. The van der Waals surface area contributed by atoms with Gasteiger partial charge >= 0.3 is 5.97 Å². The zero-order valence-electron chi connectivity index (χ0n) is 18.9. The Balaban J connectivity index is 2.03. The van der Waals surface area contributed by atoms with Crippen LogP contribution in [-0.4, -0.2) is 35.3 Å². The molecule has 0 fully saturated rings. The minimum absolute atomic E-state index is 0.201. The highest BCUT2D eigenvalue weighted by molar-refractivity contribution is 7.89. The van der Waals surface area contributed by atoms with Gasteiger partial charge in [-0.2, -0.15) is 0 Å². The number of hydrogen-bond donors (Lipinski definition) is 2. The number of anilines is 2. The number of carbonyl (C=O) groups is 1. The van der Waals surface area contributed by atoms with Crippen LogP contribution in [0.5, 0.6) is 0 Å². The molecule has 0 radical (unpaired) electrons. The van der Waals surface area contributed by atoms with Crippen molar-refractivity contribution in [1.82, 2.24) is 9.55 Å². The van der Waals surface area contributed by atoms with Gasteiger partial charge in [-0.3, -0.25) is 4.79 Å². The standard InChI is InChI=1S/C25H22FN3O5S/c1-28-14-21(19-9-11-27-25(32)24(19)28)20-13-16(15-35(2,33)34)3-8-22(20)29(12-10-23(30)31)18-6-4-17(26)5-7-18/h3-14H,15H2,1-2H3,(H,27,32)(H,30,31)/b12-10+. The Morgan fingerprint density at radius 3 is 2.51 bits per heavy atom. The lowest BCUT2D eigenvalue weighted by Crippen LogP contribution is -2.11. The number of aromatic nitrogens is 2. The average molecular weight is 496 g/mol. The second-order valence-corrected chi connectivity index (χ2v) is 10.3. The van der Waals surface area contributed by atoms with E-state index in [9.17, 15) is 27.5 Å². The number of carboxylic acids is 1. The highest BCUT2D eigenvalue weighted by Gasteiger charge is 2.20. The first-order valence-electron chi connectivity index (χ1n) is 10.5. The molecule has 0 aliphatic heterocycles. The van der Waals surface area contributed by atoms with Gasteiger partial charge in [0, 0.05) is 60.2 Å². The van der Waals surface area contributed by atoms with Crippen molar-refractivity contribution in [1.29, 1.82) is 0 Å². The van der Waals surface area contributed by atoms with Crippen molar-refractivity contribution in [2.75, 3.05) is 11.2 Å². The molecule has 2 aromatic carbocycles. The van der Waals surface area contributed by atoms with Crippen LogP contribution < -0.4 is 10.5 Å². The molecular formula is C25H22FN3O5S. The molecule has 0 atom stereocenters. The number of H-pyrrole nitrogens is 1. The first-order chi connectivity index (χ1) is 16.5. The van der Waals surface area contributed by atoms with Crippen molar-refractivity contribution in [2.45, 2.75) is 5.75 Å². The third kappa shape index (κ3) is 5.17. The van der Waals surface area contributed by atoms with E-state index in [-0.39, 0.29) is 11.3 Å². The van der Waals surface area contributed by atoms with Gasteiger partial charge in [0.05, 0.1) is 11.4 Å². The topological polar surface area (TPSA) is 112 Å². The first-order valence-corrected chi connectivity index (χ1v) is 12.5. The molecule has 10 heteroatoms. The summed E-state index contributed by atoms with van der Waals surface area (Å²) in [6.07, 6.45) is 6.70. The monoisotopic (exact) mass is 495 g/mol. The van der Waals surface area contributed by atoms with Crippen molar-refractivity contribution < 1.29 is 22.7 Å². The molecule has 2 heterocycles. The van der Waals surface area contributed by atoms with Gasteiger partial charge in [0.25, 0.3) is 5.56 Å². The Kier molecular flexibility index (Phi) is 6.31. The van der Waals surface area contributed by atoms with Gasteiger partial charge in [-0.1, -0.05) is 6.07 Å². The number of sulfone groups is 1. The number of nitrogens with zero attached hydrogens (tertiary/aromatic N) is 2. The van der Waals surface area contributed by atoms with Crippen molar-refractivity contribution in [2.24, 2.45) is 7.05 Å². The van der Waals surface area contributed by atoms with Crippen LogP contribution >= 0.6 is 0 Å². The molecule has 0 aliphatic rings. The summed E-state index contributed by atoms with van der Waals surface area (Å²) >= 11 is 0. The summed E-state index contributed by atoms with van der Waals surface area (Å²) < 4.78 is 39.3. The van der Waals surface area contributed by atoms with E-state index in [1.54, 1.807) is 47.0 Å². The number of carboxylic acid groups (broad SMARTS) is 1. The zero-order chi connectivity index (χ0) is 25.3. The van der Waals surface area contributed by atoms with Crippen LogP contribution in [0.15, 0.2) is 78.0 Å². The predicted molar refractivity (Wildman–Crippen MR) is 133 cm³/mol. The molecule has 0 spiro atoms. The van der Waals surface area contributed by atoms with E-state index in [1.165, 1.54) is 36.7 Å². The summed E-state index contributed by atoms with van der Waals surface area (Å²) in [5, 5.41) is 9.89. The lowest BCUT2D eigenvalue weighted by Gasteiger charge is -2.24. The molecule has 2 N–H and O–H groups in total. The molecule has 0 unspecified atom stereocenters. The maximum Gasteiger partial charge on any atom is 0.329 e.